The number of fused-ring (bicyclic) bond motifs is 1. The highest BCUT2D eigenvalue weighted by molar-refractivity contribution is 9.10. The number of aromatic nitrogens is 2. The lowest BCUT2D eigenvalue weighted by molar-refractivity contribution is -0.0499. The maximum Gasteiger partial charge on any atom is 0.534 e. The minimum Gasteiger partial charge on any atom is -0.374 e. The summed E-state index contributed by atoms with van der Waals surface area (Å²) in [6.45, 7) is 0. The molecule has 2 rings (SSSR count). The van der Waals surface area contributed by atoms with Gasteiger partial charge in [-0.3, -0.25) is 0 Å². The van der Waals surface area contributed by atoms with Crippen molar-refractivity contribution in [3.05, 3.63) is 28.5 Å². The van der Waals surface area contributed by atoms with Crippen LogP contribution in [0.5, 0.6) is 5.75 Å². The van der Waals surface area contributed by atoms with Crippen LogP contribution in [0.2, 0.25) is 0 Å². The van der Waals surface area contributed by atoms with Gasteiger partial charge in [-0.25, -0.2) is 4.52 Å². The first kappa shape index (κ1) is 14.6. The lowest BCUT2D eigenvalue weighted by Gasteiger charge is -2.10. The van der Waals surface area contributed by atoms with Gasteiger partial charge in [-0.15, -0.1) is 0 Å². The average Bonchev–Trinajstić information content (AvgIpc) is 2.69. The standard InChI is InChI=1S/C9H3BrF3N3O3S/c10-6-1-7(19-20(17,18)9(11,12)13)8-5(2-14)3-15-16(8)4-6/h1,3-4H. The van der Waals surface area contributed by atoms with Gasteiger partial charge < -0.3 is 4.18 Å². The van der Waals surface area contributed by atoms with Crippen LogP contribution in [0, 0.1) is 11.3 Å². The first-order valence-electron chi connectivity index (χ1n) is 4.73. The summed E-state index contributed by atoms with van der Waals surface area (Å²) in [6, 6.07) is 2.68. The Bertz CT molecular complexity index is 823. The van der Waals surface area contributed by atoms with Crippen LogP contribution >= 0.6 is 15.9 Å². The van der Waals surface area contributed by atoms with Crippen molar-refractivity contribution in [1.29, 1.82) is 5.26 Å². The smallest absolute Gasteiger partial charge is 0.374 e. The quantitative estimate of drug-likeness (QED) is 0.598. The molecule has 2 heterocycles. The summed E-state index contributed by atoms with van der Waals surface area (Å²) in [4.78, 5) is 0. The fourth-order valence-corrected chi connectivity index (χ4v) is 2.22. The fraction of sp³-hybridized carbons (Fsp3) is 0.111. The molecule has 2 aromatic heterocycles. The van der Waals surface area contributed by atoms with Gasteiger partial charge in [-0.2, -0.15) is 31.9 Å². The molecule has 0 aromatic carbocycles. The van der Waals surface area contributed by atoms with Crippen LogP contribution in [-0.4, -0.2) is 23.5 Å². The van der Waals surface area contributed by atoms with E-state index in [0.29, 0.717) is 0 Å². The van der Waals surface area contributed by atoms with Crippen molar-refractivity contribution in [2.45, 2.75) is 5.51 Å². The SMILES string of the molecule is N#Cc1cnn2cc(Br)cc(OS(=O)(=O)C(F)(F)F)c12. The minimum atomic E-state index is -5.83. The molecule has 0 saturated carbocycles. The molecule has 0 fully saturated rings. The van der Waals surface area contributed by atoms with Crippen molar-refractivity contribution in [2.24, 2.45) is 0 Å². The monoisotopic (exact) mass is 369 g/mol. The Hall–Kier alpha value is -1.80. The summed E-state index contributed by atoms with van der Waals surface area (Å²) in [7, 11) is -5.83. The molecule has 0 bridgehead atoms. The Balaban J connectivity index is 2.66. The van der Waals surface area contributed by atoms with Crippen molar-refractivity contribution in [1.82, 2.24) is 9.61 Å². The van der Waals surface area contributed by atoms with Crippen LogP contribution in [0.25, 0.3) is 5.52 Å². The van der Waals surface area contributed by atoms with Crippen LogP contribution < -0.4 is 4.18 Å². The van der Waals surface area contributed by atoms with E-state index in [1.54, 1.807) is 6.07 Å². The third kappa shape index (κ3) is 2.44. The van der Waals surface area contributed by atoms with E-state index >= 15 is 0 Å². The molecule has 0 amide bonds. The van der Waals surface area contributed by atoms with Gasteiger partial charge in [0.1, 0.15) is 17.1 Å². The van der Waals surface area contributed by atoms with E-state index in [2.05, 4.69) is 25.2 Å². The number of rotatable bonds is 2. The molecular weight excluding hydrogens is 367 g/mol. The molecule has 20 heavy (non-hydrogen) atoms. The summed E-state index contributed by atoms with van der Waals surface area (Å²) in [5, 5.41) is 12.5. The van der Waals surface area contributed by atoms with Crippen molar-refractivity contribution in [3.8, 4) is 11.8 Å². The minimum absolute atomic E-state index is 0.120. The van der Waals surface area contributed by atoms with Crippen molar-refractivity contribution in [2.75, 3.05) is 0 Å². The van der Waals surface area contributed by atoms with Gasteiger partial charge in [0, 0.05) is 10.7 Å². The van der Waals surface area contributed by atoms with E-state index in [1.165, 1.54) is 6.20 Å². The molecule has 0 radical (unpaired) electrons. The van der Waals surface area contributed by atoms with Crippen LogP contribution in [0.15, 0.2) is 22.9 Å². The first-order chi connectivity index (χ1) is 9.15. The summed E-state index contributed by atoms with van der Waals surface area (Å²) in [5.41, 5.74) is -5.87. The van der Waals surface area contributed by atoms with E-state index in [0.717, 1.165) is 16.8 Å². The normalized spacial score (nSPS) is 12.3. The molecule has 0 unspecified atom stereocenters. The van der Waals surface area contributed by atoms with Crippen molar-refractivity contribution < 1.29 is 25.8 Å². The van der Waals surface area contributed by atoms with Crippen molar-refractivity contribution in [3.63, 3.8) is 0 Å². The topological polar surface area (TPSA) is 84.5 Å². The average molecular weight is 370 g/mol. The number of hydrogen-bond donors (Lipinski definition) is 0. The summed E-state index contributed by atoms with van der Waals surface area (Å²) in [5.74, 6) is -0.647. The zero-order chi connectivity index (χ0) is 15.1. The molecule has 0 atom stereocenters. The van der Waals surface area contributed by atoms with E-state index < -0.39 is 21.4 Å². The molecule has 106 valence electrons. The van der Waals surface area contributed by atoms with Gasteiger partial charge in [0.2, 0.25) is 0 Å². The number of halogens is 4. The number of alkyl halides is 3. The van der Waals surface area contributed by atoms with Gasteiger partial charge in [0.05, 0.1) is 6.20 Å². The first-order valence-corrected chi connectivity index (χ1v) is 6.93. The van der Waals surface area contributed by atoms with E-state index in [-0.39, 0.29) is 15.6 Å². The maximum atomic E-state index is 12.3. The predicted octanol–water partition coefficient (Wildman–Crippen LogP) is 2.20. The zero-order valence-electron chi connectivity index (χ0n) is 9.22. The predicted molar refractivity (Wildman–Crippen MR) is 63.2 cm³/mol. The Morgan fingerprint density at radius 2 is 2.10 bits per heavy atom. The highest BCUT2D eigenvalue weighted by Crippen LogP contribution is 2.32. The number of hydrogen-bond acceptors (Lipinski definition) is 5. The van der Waals surface area contributed by atoms with E-state index in [1.807, 2.05) is 0 Å². The molecule has 11 heteroatoms. The second-order valence-corrected chi connectivity index (χ2v) is 5.92. The van der Waals surface area contributed by atoms with Crippen molar-refractivity contribution >= 4 is 31.6 Å². The van der Waals surface area contributed by atoms with Gasteiger partial charge in [-0.1, -0.05) is 0 Å². The van der Waals surface area contributed by atoms with Crippen LogP contribution in [-0.2, 0) is 10.1 Å². The molecular formula is C9H3BrF3N3O3S. The maximum absolute atomic E-state index is 12.3. The summed E-state index contributed by atoms with van der Waals surface area (Å²) in [6.07, 6.45) is 2.41. The third-order valence-corrected chi connectivity index (χ3v) is 3.55. The number of nitrogens with zero attached hydrogens (tertiary/aromatic N) is 3. The van der Waals surface area contributed by atoms with E-state index in [4.69, 9.17) is 5.26 Å². The van der Waals surface area contributed by atoms with Crippen LogP contribution in [0.3, 0.4) is 0 Å². The van der Waals surface area contributed by atoms with Gasteiger partial charge in [0.15, 0.2) is 5.75 Å². The second kappa shape index (κ2) is 4.64. The lowest BCUT2D eigenvalue weighted by Crippen LogP contribution is -2.28. The van der Waals surface area contributed by atoms with Crippen LogP contribution in [0.1, 0.15) is 5.56 Å². The Kier molecular flexibility index (Phi) is 3.39. The van der Waals surface area contributed by atoms with E-state index in [9.17, 15) is 21.6 Å². The summed E-state index contributed by atoms with van der Waals surface area (Å²) >= 11 is 2.97. The zero-order valence-corrected chi connectivity index (χ0v) is 11.6. The lowest BCUT2D eigenvalue weighted by atomic mass is 10.3. The molecule has 0 aliphatic rings. The molecule has 2 aromatic rings. The largest absolute Gasteiger partial charge is 0.534 e. The van der Waals surface area contributed by atoms with Gasteiger partial charge in [-0.05, 0) is 22.0 Å². The second-order valence-electron chi connectivity index (χ2n) is 3.47. The third-order valence-electron chi connectivity index (χ3n) is 2.15. The van der Waals surface area contributed by atoms with Crippen LogP contribution in [0.4, 0.5) is 13.2 Å². The number of pyridine rings is 1. The summed E-state index contributed by atoms with van der Waals surface area (Å²) < 4.78 is 64.3. The molecule has 0 N–H and O–H groups in total. The highest BCUT2D eigenvalue weighted by atomic mass is 79.9. The number of nitriles is 1. The highest BCUT2D eigenvalue weighted by Gasteiger charge is 2.49. The Morgan fingerprint density at radius 1 is 1.45 bits per heavy atom. The molecule has 0 spiro atoms. The fourth-order valence-electron chi connectivity index (χ4n) is 1.36. The molecule has 6 nitrogen and oxygen atoms in total. The Morgan fingerprint density at radius 3 is 2.65 bits per heavy atom. The molecule has 0 aliphatic carbocycles. The molecule has 0 saturated heterocycles. The molecule has 0 aliphatic heterocycles. The Labute approximate surface area is 118 Å². The van der Waals surface area contributed by atoms with Gasteiger partial charge in [0.25, 0.3) is 0 Å². The van der Waals surface area contributed by atoms with Gasteiger partial charge >= 0.3 is 15.6 Å².